The molecule has 0 aliphatic rings. The van der Waals surface area contributed by atoms with E-state index in [0.29, 0.717) is 17.0 Å². The molecule has 6 nitrogen and oxygen atoms in total. The minimum absolute atomic E-state index is 0.440. The lowest BCUT2D eigenvalue weighted by Gasteiger charge is -2.02. The second kappa shape index (κ2) is 3.24. The third-order valence-electron chi connectivity index (χ3n) is 2.74. The van der Waals surface area contributed by atoms with Crippen LogP contribution < -0.4 is 11.5 Å². The van der Waals surface area contributed by atoms with E-state index >= 15 is 0 Å². The summed E-state index contributed by atoms with van der Waals surface area (Å²) >= 11 is 0. The summed E-state index contributed by atoms with van der Waals surface area (Å²) in [6.45, 7) is 0. The summed E-state index contributed by atoms with van der Waals surface area (Å²) in [5, 5.41) is 0. The summed E-state index contributed by atoms with van der Waals surface area (Å²) in [5.74, 6) is -0.0164. The molecule has 3 rings (SSSR count). The van der Waals surface area contributed by atoms with Crippen LogP contribution in [-0.2, 0) is 7.05 Å². The molecule has 0 spiro atoms. The van der Waals surface area contributed by atoms with Gasteiger partial charge in [0.05, 0.1) is 17.4 Å². The minimum atomic E-state index is -0.457. The van der Waals surface area contributed by atoms with E-state index in [1.165, 1.54) is 0 Å². The standard InChI is InChI=1S/C11H10N4O2/c1-15-8(5-13-10(15)12)6-2-3-7-9(4-6)17-11(16)14-7/h2-5H,1H3,(H2,12,13)(H,14,16). The fourth-order valence-corrected chi connectivity index (χ4v) is 1.80. The molecule has 3 aromatic rings. The highest BCUT2D eigenvalue weighted by Crippen LogP contribution is 2.23. The molecule has 1 aromatic carbocycles. The number of nitrogens with one attached hydrogen (secondary N) is 1. The Morgan fingerprint density at radius 3 is 3.00 bits per heavy atom. The molecule has 86 valence electrons. The van der Waals surface area contributed by atoms with Gasteiger partial charge in [0, 0.05) is 12.6 Å². The molecule has 3 N–H and O–H groups in total. The van der Waals surface area contributed by atoms with E-state index < -0.39 is 5.76 Å². The molecule has 0 bridgehead atoms. The topological polar surface area (TPSA) is 89.8 Å². The van der Waals surface area contributed by atoms with E-state index in [4.69, 9.17) is 10.2 Å². The number of benzene rings is 1. The molecule has 2 aromatic heterocycles. The maximum atomic E-state index is 11.0. The summed E-state index contributed by atoms with van der Waals surface area (Å²) in [6.07, 6.45) is 1.68. The lowest BCUT2D eigenvalue weighted by Crippen LogP contribution is -1.98. The van der Waals surface area contributed by atoms with Gasteiger partial charge in [0.2, 0.25) is 0 Å². The number of nitrogens with zero attached hydrogens (tertiary/aromatic N) is 2. The predicted molar refractivity (Wildman–Crippen MR) is 63.4 cm³/mol. The first kappa shape index (κ1) is 9.71. The predicted octanol–water partition coefficient (Wildman–Crippen LogP) is 1.10. The Hall–Kier alpha value is -2.50. The zero-order chi connectivity index (χ0) is 12.0. The molecule has 17 heavy (non-hydrogen) atoms. The van der Waals surface area contributed by atoms with E-state index in [0.717, 1.165) is 11.3 Å². The number of nitrogens with two attached hydrogens (primary N) is 1. The number of rotatable bonds is 1. The van der Waals surface area contributed by atoms with Crippen molar-refractivity contribution in [1.29, 1.82) is 0 Å². The van der Waals surface area contributed by atoms with Crippen LogP contribution in [0.5, 0.6) is 0 Å². The second-order valence-electron chi connectivity index (χ2n) is 3.79. The van der Waals surface area contributed by atoms with Crippen molar-refractivity contribution in [3.05, 3.63) is 34.9 Å². The van der Waals surface area contributed by atoms with Gasteiger partial charge < -0.3 is 14.7 Å². The Kier molecular flexibility index (Phi) is 1.85. The average Bonchev–Trinajstić information content (AvgIpc) is 2.81. The Balaban J connectivity index is 2.24. The molecule has 0 radical (unpaired) electrons. The Bertz CT molecular complexity index is 750. The first-order valence-corrected chi connectivity index (χ1v) is 5.05. The number of hydrogen-bond donors (Lipinski definition) is 2. The first-order valence-electron chi connectivity index (χ1n) is 5.05. The molecule has 0 saturated carbocycles. The number of imidazole rings is 1. The van der Waals surface area contributed by atoms with Gasteiger partial charge in [-0.25, -0.2) is 9.78 Å². The summed E-state index contributed by atoms with van der Waals surface area (Å²) < 4.78 is 6.77. The number of fused-ring (bicyclic) bond motifs is 1. The zero-order valence-electron chi connectivity index (χ0n) is 9.10. The highest BCUT2D eigenvalue weighted by Gasteiger charge is 2.08. The monoisotopic (exact) mass is 230 g/mol. The normalized spacial score (nSPS) is 11.1. The lowest BCUT2D eigenvalue weighted by molar-refractivity contribution is 0.555. The van der Waals surface area contributed by atoms with E-state index in [-0.39, 0.29) is 0 Å². The number of hydrogen-bond acceptors (Lipinski definition) is 4. The van der Waals surface area contributed by atoms with Crippen molar-refractivity contribution in [2.24, 2.45) is 7.05 Å². The van der Waals surface area contributed by atoms with Crippen LogP contribution >= 0.6 is 0 Å². The quantitative estimate of drug-likeness (QED) is 0.655. The van der Waals surface area contributed by atoms with Crippen molar-refractivity contribution in [2.45, 2.75) is 0 Å². The third-order valence-corrected chi connectivity index (χ3v) is 2.74. The summed E-state index contributed by atoms with van der Waals surface area (Å²) in [7, 11) is 1.83. The number of nitrogen functional groups attached to an aromatic ring is 1. The van der Waals surface area contributed by atoms with Gasteiger partial charge in [-0.15, -0.1) is 0 Å². The number of H-pyrrole nitrogens is 1. The highest BCUT2D eigenvalue weighted by atomic mass is 16.4. The van der Waals surface area contributed by atoms with Crippen molar-refractivity contribution in [3.8, 4) is 11.3 Å². The van der Waals surface area contributed by atoms with Gasteiger partial charge in [-0.2, -0.15) is 0 Å². The molecule has 2 heterocycles. The molecule has 0 fully saturated rings. The second-order valence-corrected chi connectivity index (χ2v) is 3.79. The number of anilines is 1. The van der Waals surface area contributed by atoms with Crippen molar-refractivity contribution in [3.63, 3.8) is 0 Å². The van der Waals surface area contributed by atoms with Crippen molar-refractivity contribution < 1.29 is 4.42 Å². The average molecular weight is 230 g/mol. The van der Waals surface area contributed by atoms with E-state index in [9.17, 15) is 4.79 Å². The maximum Gasteiger partial charge on any atom is 0.417 e. The Labute approximate surface area is 95.7 Å². The van der Waals surface area contributed by atoms with Crippen LogP contribution in [0, 0.1) is 0 Å². The van der Waals surface area contributed by atoms with Crippen LogP contribution in [0.4, 0.5) is 5.95 Å². The molecular weight excluding hydrogens is 220 g/mol. The summed E-state index contributed by atoms with van der Waals surface area (Å²) in [5.41, 5.74) is 8.63. The number of aromatic amines is 1. The Morgan fingerprint density at radius 2 is 2.29 bits per heavy atom. The van der Waals surface area contributed by atoms with Crippen LogP contribution in [0.15, 0.2) is 33.6 Å². The molecule has 0 atom stereocenters. The van der Waals surface area contributed by atoms with E-state index in [2.05, 4.69) is 9.97 Å². The van der Waals surface area contributed by atoms with Gasteiger partial charge in [0.25, 0.3) is 0 Å². The SMILES string of the molecule is Cn1c(-c2ccc3[nH]c(=O)oc3c2)cnc1N. The van der Waals surface area contributed by atoms with Gasteiger partial charge in [-0.05, 0) is 12.1 Å². The van der Waals surface area contributed by atoms with Crippen molar-refractivity contribution in [1.82, 2.24) is 14.5 Å². The Morgan fingerprint density at radius 1 is 1.47 bits per heavy atom. The fraction of sp³-hybridized carbons (Fsp3) is 0.0909. The van der Waals surface area contributed by atoms with E-state index in [1.807, 2.05) is 13.1 Å². The van der Waals surface area contributed by atoms with Crippen LogP contribution in [0.2, 0.25) is 0 Å². The largest absolute Gasteiger partial charge is 0.417 e. The summed E-state index contributed by atoms with van der Waals surface area (Å²) in [6, 6.07) is 5.45. The molecule has 0 aliphatic heterocycles. The van der Waals surface area contributed by atoms with Gasteiger partial charge in [0.1, 0.15) is 0 Å². The van der Waals surface area contributed by atoms with Crippen molar-refractivity contribution in [2.75, 3.05) is 5.73 Å². The number of aromatic nitrogens is 3. The third kappa shape index (κ3) is 1.42. The van der Waals surface area contributed by atoms with Crippen LogP contribution in [0.25, 0.3) is 22.4 Å². The lowest BCUT2D eigenvalue weighted by atomic mass is 10.1. The molecule has 0 aliphatic carbocycles. The van der Waals surface area contributed by atoms with Crippen LogP contribution in [0.3, 0.4) is 0 Å². The van der Waals surface area contributed by atoms with Crippen LogP contribution in [0.1, 0.15) is 0 Å². The van der Waals surface area contributed by atoms with E-state index in [1.54, 1.807) is 22.9 Å². The maximum absolute atomic E-state index is 11.0. The smallest absolute Gasteiger partial charge is 0.408 e. The zero-order valence-corrected chi connectivity index (χ0v) is 9.10. The molecular formula is C11H10N4O2. The first-order chi connectivity index (χ1) is 8.15. The molecule has 0 saturated heterocycles. The van der Waals surface area contributed by atoms with Crippen LogP contribution in [-0.4, -0.2) is 14.5 Å². The van der Waals surface area contributed by atoms with Gasteiger partial charge in [0.15, 0.2) is 11.5 Å². The molecule has 0 amide bonds. The van der Waals surface area contributed by atoms with Gasteiger partial charge >= 0.3 is 5.76 Å². The summed E-state index contributed by atoms with van der Waals surface area (Å²) in [4.78, 5) is 17.7. The van der Waals surface area contributed by atoms with Gasteiger partial charge in [-0.1, -0.05) is 6.07 Å². The fourth-order valence-electron chi connectivity index (χ4n) is 1.80. The highest BCUT2D eigenvalue weighted by molar-refractivity contribution is 5.79. The van der Waals surface area contributed by atoms with Crippen molar-refractivity contribution >= 4 is 17.0 Å². The van der Waals surface area contributed by atoms with Gasteiger partial charge in [-0.3, -0.25) is 4.98 Å². The number of oxazole rings is 1. The molecule has 6 heteroatoms. The molecule has 0 unspecified atom stereocenters. The minimum Gasteiger partial charge on any atom is -0.408 e.